The summed E-state index contributed by atoms with van der Waals surface area (Å²) in [6.07, 6.45) is 0.855. The molecule has 0 aliphatic rings. The molecule has 0 aliphatic heterocycles. The van der Waals surface area contributed by atoms with Gasteiger partial charge in [-0.1, -0.05) is 55.5 Å². The van der Waals surface area contributed by atoms with Crippen LogP contribution in [0.1, 0.15) is 37.0 Å². The Balaban J connectivity index is 1.89. The predicted molar refractivity (Wildman–Crippen MR) is 99.5 cm³/mol. The minimum atomic E-state index is -0.826. The second kappa shape index (κ2) is 9.02. The van der Waals surface area contributed by atoms with Crippen molar-refractivity contribution in [3.05, 3.63) is 65.2 Å². The highest BCUT2D eigenvalue weighted by atomic mass is 16.5. The van der Waals surface area contributed by atoms with Crippen molar-refractivity contribution < 1.29 is 14.3 Å². The molecule has 1 N–H and O–H groups in total. The fourth-order valence-electron chi connectivity index (χ4n) is 2.63. The molecule has 1 amide bonds. The third-order valence-corrected chi connectivity index (χ3v) is 4.13. The van der Waals surface area contributed by atoms with Crippen molar-refractivity contribution in [1.29, 1.82) is 0 Å². The molecule has 0 fully saturated rings. The lowest BCUT2D eigenvalue weighted by molar-refractivity contribution is -0.153. The van der Waals surface area contributed by atoms with Crippen molar-refractivity contribution in [3.63, 3.8) is 0 Å². The zero-order chi connectivity index (χ0) is 18.2. The van der Waals surface area contributed by atoms with E-state index in [0.717, 1.165) is 28.8 Å². The number of aryl methyl sites for hydroxylation is 3. The molecule has 2 rings (SSSR count). The molecule has 2 aromatic rings. The van der Waals surface area contributed by atoms with Crippen LogP contribution in [0.25, 0.3) is 0 Å². The molecule has 0 heterocycles. The lowest BCUT2D eigenvalue weighted by Gasteiger charge is -2.17. The van der Waals surface area contributed by atoms with Crippen molar-refractivity contribution >= 4 is 17.6 Å². The average Bonchev–Trinajstić information content (AvgIpc) is 2.62. The summed E-state index contributed by atoms with van der Waals surface area (Å²) in [4.78, 5) is 24.3. The SMILES string of the molecule is CCc1cccc(C)c1NC(=O)[C@@H](C)OC(=O)CCc1ccccc1. The second-order valence-electron chi connectivity index (χ2n) is 6.07. The Hall–Kier alpha value is -2.62. The Kier molecular flexibility index (Phi) is 6.75. The van der Waals surface area contributed by atoms with Gasteiger partial charge in [-0.15, -0.1) is 0 Å². The summed E-state index contributed by atoms with van der Waals surface area (Å²) < 4.78 is 5.27. The number of rotatable bonds is 7. The van der Waals surface area contributed by atoms with Crippen LogP contribution in [0.5, 0.6) is 0 Å². The van der Waals surface area contributed by atoms with E-state index in [9.17, 15) is 9.59 Å². The van der Waals surface area contributed by atoms with Gasteiger partial charge in [-0.3, -0.25) is 9.59 Å². The van der Waals surface area contributed by atoms with Gasteiger partial charge in [0.15, 0.2) is 6.10 Å². The summed E-state index contributed by atoms with van der Waals surface area (Å²) in [6, 6.07) is 15.6. The molecule has 0 aromatic heterocycles. The Morgan fingerprint density at radius 3 is 2.48 bits per heavy atom. The topological polar surface area (TPSA) is 55.4 Å². The van der Waals surface area contributed by atoms with Gasteiger partial charge < -0.3 is 10.1 Å². The molecule has 4 heteroatoms. The summed E-state index contributed by atoms with van der Waals surface area (Å²) in [7, 11) is 0. The molecule has 0 saturated heterocycles. The minimum absolute atomic E-state index is 0.256. The van der Waals surface area contributed by atoms with Crippen LogP contribution in [-0.4, -0.2) is 18.0 Å². The zero-order valence-electron chi connectivity index (χ0n) is 15.0. The number of amides is 1. The number of hydrogen-bond acceptors (Lipinski definition) is 3. The Bertz CT molecular complexity index is 725. The number of nitrogens with one attached hydrogen (secondary N) is 1. The first-order valence-electron chi connectivity index (χ1n) is 8.64. The van der Waals surface area contributed by atoms with Crippen LogP contribution in [0.3, 0.4) is 0 Å². The second-order valence-corrected chi connectivity index (χ2v) is 6.07. The molecule has 2 aromatic carbocycles. The van der Waals surface area contributed by atoms with Crippen LogP contribution >= 0.6 is 0 Å². The van der Waals surface area contributed by atoms with Crippen molar-refractivity contribution in [1.82, 2.24) is 0 Å². The van der Waals surface area contributed by atoms with E-state index in [1.165, 1.54) is 0 Å². The first-order valence-corrected chi connectivity index (χ1v) is 8.64. The fourth-order valence-corrected chi connectivity index (χ4v) is 2.63. The number of esters is 1. The number of benzene rings is 2. The smallest absolute Gasteiger partial charge is 0.306 e. The van der Waals surface area contributed by atoms with Crippen molar-refractivity contribution in [2.45, 2.75) is 46.1 Å². The van der Waals surface area contributed by atoms with E-state index in [0.29, 0.717) is 6.42 Å². The number of carbonyl (C=O) groups excluding carboxylic acids is 2. The highest BCUT2D eigenvalue weighted by Crippen LogP contribution is 2.21. The average molecular weight is 339 g/mol. The third-order valence-electron chi connectivity index (χ3n) is 4.13. The van der Waals surface area contributed by atoms with Gasteiger partial charge in [-0.25, -0.2) is 0 Å². The molecule has 132 valence electrons. The van der Waals surface area contributed by atoms with E-state index >= 15 is 0 Å². The van der Waals surface area contributed by atoms with Crippen LogP contribution in [0.2, 0.25) is 0 Å². The molecule has 0 bridgehead atoms. The van der Waals surface area contributed by atoms with Gasteiger partial charge >= 0.3 is 5.97 Å². The normalized spacial score (nSPS) is 11.6. The Morgan fingerprint density at radius 1 is 1.08 bits per heavy atom. The number of hydrogen-bond donors (Lipinski definition) is 1. The number of para-hydroxylation sites is 1. The lowest BCUT2D eigenvalue weighted by Crippen LogP contribution is -2.30. The number of ether oxygens (including phenoxy) is 1. The molecular weight excluding hydrogens is 314 g/mol. The summed E-state index contributed by atoms with van der Waals surface area (Å²) in [5.41, 5.74) is 3.94. The maximum atomic E-state index is 12.4. The highest BCUT2D eigenvalue weighted by molar-refractivity contribution is 5.96. The molecule has 0 spiro atoms. The number of carbonyl (C=O) groups is 2. The maximum Gasteiger partial charge on any atom is 0.306 e. The van der Waals surface area contributed by atoms with Gasteiger partial charge in [-0.2, -0.15) is 0 Å². The standard InChI is InChI=1S/C21H25NO3/c1-4-18-12-8-9-15(2)20(18)22-21(24)16(3)25-19(23)14-13-17-10-6-5-7-11-17/h5-12,16H,4,13-14H2,1-3H3,(H,22,24)/t16-/m1/s1. The van der Waals surface area contributed by atoms with Gasteiger partial charge in [-0.05, 0) is 43.4 Å². The van der Waals surface area contributed by atoms with Crippen molar-refractivity contribution in [3.8, 4) is 0 Å². The number of anilines is 1. The van der Waals surface area contributed by atoms with E-state index in [1.54, 1.807) is 6.92 Å². The summed E-state index contributed by atoms with van der Waals surface area (Å²) in [6.45, 7) is 5.59. The lowest BCUT2D eigenvalue weighted by atomic mass is 10.1. The molecule has 0 radical (unpaired) electrons. The van der Waals surface area contributed by atoms with Crippen molar-refractivity contribution in [2.24, 2.45) is 0 Å². The molecule has 0 saturated carbocycles. The minimum Gasteiger partial charge on any atom is -0.453 e. The van der Waals surface area contributed by atoms with Crippen LogP contribution in [-0.2, 0) is 27.2 Å². The van der Waals surface area contributed by atoms with Gasteiger partial charge in [0.2, 0.25) is 0 Å². The summed E-state index contributed by atoms with van der Waals surface area (Å²) in [5.74, 6) is -0.677. The van der Waals surface area contributed by atoms with Gasteiger partial charge in [0.05, 0.1) is 0 Å². The Morgan fingerprint density at radius 2 is 1.80 bits per heavy atom. The van der Waals surface area contributed by atoms with Gasteiger partial charge in [0, 0.05) is 12.1 Å². The van der Waals surface area contributed by atoms with Gasteiger partial charge in [0.1, 0.15) is 0 Å². The molecule has 4 nitrogen and oxygen atoms in total. The van der Waals surface area contributed by atoms with Gasteiger partial charge in [0.25, 0.3) is 5.91 Å². The van der Waals surface area contributed by atoms with E-state index in [1.807, 2.05) is 62.4 Å². The van der Waals surface area contributed by atoms with E-state index < -0.39 is 6.10 Å². The third kappa shape index (κ3) is 5.45. The molecular formula is C21H25NO3. The van der Waals surface area contributed by atoms with Crippen LogP contribution in [0.4, 0.5) is 5.69 Å². The van der Waals surface area contributed by atoms with E-state index in [4.69, 9.17) is 4.74 Å². The van der Waals surface area contributed by atoms with Crippen molar-refractivity contribution in [2.75, 3.05) is 5.32 Å². The highest BCUT2D eigenvalue weighted by Gasteiger charge is 2.19. The fraction of sp³-hybridized carbons (Fsp3) is 0.333. The van der Waals surface area contributed by atoms with E-state index in [-0.39, 0.29) is 18.3 Å². The molecule has 1 atom stereocenters. The monoisotopic (exact) mass is 339 g/mol. The first kappa shape index (κ1) is 18.7. The zero-order valence-corrected chi connectivity index (χ0v) is 15.0. The maximum absolute atomic E-state index is 12.4. The Labute approximate surface area is 149 Å². The van der Waals surface area contributed by atoms with Crippen LogP contribution in [0.15, 0.2) is 48.5 Å². The summed E-state index contributed by atoms with van der Waals surface area (Å²) in [5, 5.41) is 2.89. The quantitative estimate of drug-likeness (QED) is 0.774. The molecule has 0 unspecified atom stereocenters. The summed E-state index contributed by atoms with van der Waals surface area (Å²) >= 11 is 0. The van der Waals surface area contributed by atoms with Crippen LogP contribution < -0.4 is 5.32 Å². The van der Waals surface area contributed by atoms with E-state index in [2.05, 4.69) is 5.32 Å². The first-order chi connectivity index (χ1) is 12.0. The van der Waals surface area contributed by atoms with Crippen LogP contribution in [0, 0.1) is 6.92 Å². The predicted octanol–water partition coefficient (Wildman–Crippen LogP) is 4.06. The molecule has 0 aliphatic carbocycles. The largest absolute Gasteiger partial charge is 0.453 e. The molecule has 25 heavy (non-hydrogen) atoms.